The van der Waals surface area contributed by atoms with Gasteiger partial charge in [-0.15, -0.1) is 0 Å². The summed E-state index contributed by atoms with van der Waals surface area (Å²) in [7, 11) is 0. The molecule has 522 valence electrons. The Morgan fingerprint density at radius 1 is 0.378 bits per heavy atom. The minimum absolute atomic E-state index is 0.264. The van der Waals surface area contributed by atoms with Crippen molar-refractivity contribution in [3.63, 3.8) is 0 Å². The summed E-state index contributed by atoms with van der Waals surface area (Å²) in [5, 5.41) is 225. The quantitative estimate of drug-likeness (QED) is 0.0358. The van der Waals surface area contributed by atoms with Gasteiger partial charge in [0.1, 0.15) is 165 Å². The maximum atomic E-state index is 13.2. The van der Waals surface area contributed by atoms with Crippen molar-refractivity contribution in [1.82, 2.24) is 16.0 Å². The van der Waals surface area contributed by atoms with Gasteiger partial charge in [0.05, 0.1) is 65.0 Å². The highest BCUT2D eigenvalue weighted by molar-refractivity contribution is 5.73. The summed E-state index contributed by atoms with van der Waals surface area (Å²) < 4.78 is 82.3. The van der Waals surface area contributed by atoms with Crippen LogP contribution < -0.4 is 16.0 Å². The fraction of sp³-hybridized carbons (Fsp3) is 0.940. The molecule has 7 aliphatic heterocycles. The van der Waals surface area contributed by atoms with Crippen molar-refractivity contribution < 1.29 is 183 Å². The molecule has 0 aromatic heterocycles. The normalized spacial score (nSPS) is 48.1. The fourth-order valence-electron chi connectivity index (χ4n) is 11.3. The Morgan fingerprint density at radius 2 is 0.756 bits per heavy atom. The maximum Gasteiger partial charge on any atom is 0.217 e. The highest BCUT2D eigenvalue weighted by Gasteiger charge is 2.60. The van der Waals surface area contributed by atoms with Crippen LogP contribution in [0.5, 0.6) is 0 Å². The van der Waals surface area contributed by atoms with Crippen LogP contribution in [0, 0.1) is 0 Å². The molecule has 0 unspecified atom stereocenters. The van der Waals surface area contributed by atoms with Gasteiger partial charge in [-0.2, -0.15) is 0 Å². The zero-order valence-corrected chi connectivity index (χ0v) is 48.4. The van der Waals surface area contributed by atoms with Crippen molar-refractivity contribution in [2.45, 2.75) is 242 Å². The number of aliphatic hydroxyl groups is 20. The van der Waals surface area contributed by atoms with E-state index in [0.717, 1.165) is 13.8 Å². The second kappa shape index (κ2) is 33.1. The largest absolute Gasteiger partial charge is 0.394 e. The van der Waals surface area contributed by atoms with Crippen LogP contribution in [0.4, 0.5) is 0 Å². The van der Waals surface area contributed by atoms with Crippen molar-refractivity contribution in [3.8, 4) is 0 Å². The SMILES string of the molecule is CC(=O)N[C@H]1[C@H](O[C@@H]2[C@@H](O)[C@@H](O[C@@H]3[C@H](O)[C@@H](O)[C@H](O[C@H]4[C@H](O)[C@@H](O)[C@H](OC[C@@H](CO)NC=O)O[C@@H]4CO)O[C@@H]3CO)O[C@H](CO)[C@@H]2O[C@@H]2O[C@H](CO)[C@H](O)[C@H](O[C@@H]3O[C@H](CO)[C@H](O)[C@H](O)[C@H]3O[C@@H]3O[C@@H](C)[C@@H](O)[C@@H](O)[C@@H]3O)[C@H]2NC(C)=O)O[C@H](CO)[C@H](O)[C@@H]1O. The monoisotopic (exact) mass is 1320 g/mol. The van der Waals surface area contributed by atoms with Crippen molar-refractivity contribution in [1.29, 1.82) is 0 Å². The molecule has 23 N–H and O–H groups in total. The van der Waals surface area contributed by atoms with E-state index in [1.54, 1.807) is 0 Å². The third-order valence-corrected chi connectivity index (χ3v) is 16.3. The summed E-state index contributed by atoms with van der Waals surface area (Å²) >= 11 is 0. The molecular formula is C50H85N3O37. The number of amides is 3. The molecule has 0 radical (unpaired) electrons. The van der Waals surface area contributed by atoms with E-state index in [1.807, 2.05) is 0 Å². The van der Waals surface area contributed by atoms with Crippen LogP contribution in [0.2, 0.25) is 0 Å². The van der Waals surface area contributed by atoms with Gasteiger partial charge in [0, 0.05) is 13.8 Å². The average Bonchev–Trinajstić information content (AvgIpc) is 0.832. The minimum Gasteiger partial charge on any atom is -0.394 e. The van der Waals surface area contributed by atoms with E-state index in [0.29, 0.717) is 0 Å². The summed E-state index contributed by atoms with van der Waals surface area (Å²) in [5.74, 6) is -1.80. The number of nitrogens with one attached hydrogen (secondary N) is 3. The van der Waals surface area contributed by atoms with Crippen molar-refractivity contribution >= 4 is 18.2 Å². The lowest BCUT2D eigenvalue weighted by molar-refractivity contribution is -0.401. The molecule has 7 aliphatic rings. The van der Waals surface area contributed by atoms with Crippen molar-refractivity contribution in [3.05, 3.63) is 0 Å². The van der Waals surface area contributed by atoms with Gasteiger partial charge in [-0.3, -0.25) is 14.4 Å². The third-order valence-electron chi connectivity index (χ3n) is 16.3. The molecule has 0 saturated carbocycles. The first-order valence-electron chi connectivity index (χ1n) is 28.7. The molecule has 7 heterocycles. The van der Waals surface area contributed by atoms with Crippen LogP contribution in [0.15, 0.2) is 0 Å². The van der Waals surface area contributed by atoms with Gasteiger partial charge in [-0.1, -0.05) is 0 Å². The van der Waals surface area contributed by atoms with Gasteiger partial charge in [0.15, 0.2) is 44.0 Å². The highest BCUT2D eigenvalue weighted by Crippen LogP contribution is 2.39. The summed E-state index contributed by atoms with van der Waals surface area (Å²) in [6, 6.07) is -4.71. The lowest BCUT2D eigenvalue weighted by Crippen LogP contribution is -2.71. The first-order chi connectivity index (χ1) is 42.7. The van der Waals surface area contributed by atoms with Gasteiger partial charge in [-0.05, 0) is 6.92 Å². The Morgan fingerprint density at radius 3 is 1.28 bits per heavy atom. The van der Waals surface area contributed by atoms with Crippen LogP contribution in [0.1, 0.15) is 20.8 Å². The Kier molecular flexibility index (Phi) is 27.4. The number of hydrogen-bond donors (Lipinski definition) is 23. The molecule has 90 heavy (non-hydrogen) atoms. The zero-order valence-electron chi connectivity index (χ0n) is 48.4. The standard InChI is InChI=1S/C50H85N3O37/c1-13-25(64)30(69)34(73)47(78-13)90-43-31(70)27(66)18(6-56)81-50(43)88-41-24(53-15(3)63)45(80-19(7-57)28(41)67)87-40-22(10-60)84-49(37(76)42(40)89-44-23(52-14(2)62)29(68)26(65)17(5-55)79-44)86-39-21(9-59)83-48(36(75)33(39)72)85-38-20(8-58)82-46(35(74)32(38)71)77-11-16(4-54)51-12-61/h12-13,16-50,54-60,64-76H,4-11H2,1-3H3,(H,51,61)(H,52,62)(H,53,63)/t13-,16+,17+,18+,19+,20+,21+,22+,23+,24+,25+,26-,27-,28-,29+,30+,31-,32+,33+,34-,35+,36+,37+,38+,39-,40-,41+,42+,43+,44-,45-,46+,47-,48-,49+,50-/m0/s1. The predicted molar refractivity (Wildman–Crippen MR) is 277 cm³/mol. The Labute approximate surface area is 510 Å². The van der Waals surface area contributed by atoms with Crippen LogP contribution in [0.25, 0.3) is 0 Å². The van der Waals surface area contributed by atoms with E-state index in [9.17, 15) is 117 Å². The number of rotatable bonds is 26. The van der Waals surface area contributed by atoms with Gasteiger partial charge in [0.25, 0.3) is 0 Å². The topological polar surface area (TPSA) is 621 Å². The molecule has 0 aliphatic carbocycles. The molecule has 7 fully saturated rings. The maximum absolute atomic E-state index is 13.2. The second-order valence-corrected chi connectivity index (χ2v) is 22.5. The van der Waals surface area contributed by atoms with E-state index in [4.69, 9.17) is 66.3 Å². The third kappa shape index (κ3) is 16.5. The number of ether oxygens (including phenoxy) is 14. The fourth-order valence-corrected chi connectivity index (χ4v) is 11.3. The van der Waals surface area contributed by atoms with E-state index in [2.05, 4.69) is 16.0 Å². The molecule has 3 amide bonds. The molecule has 7 rings (SSSR count). The Balaban J connectivity index is 1.19. The van der Waals surface area contributed by atoms with E-state index in [-0.39, 0.29) is 6.41 Å². The molecule has 36 atom stereocenters. The summed E-state index contributed by atoms with van der Waals surface area (Å²) in [5.41, 5.74) is 0. The van der Waals surface area contributed by atoms with Crippen molar-refractivity contribution in [2.75, 3.05) is 52.9 Å². The van der Waals surface area contributed by atoms with Gasteiger partial charge < -0.3 is 184 Å². The lowest BCUT2D eigenvalue weighted by Gasteiger charge is -2.52. The first-order valence-corrected chi connectivity index (χ1v) is 28.7. The molecule has 40 heteroatoms. The number of hydrogen-bond acceptors (Lipinski definition) is 37. The smallest absolute Gasteiger partial charge is 0.217 e. The Hall–Kier alpha value is -2.95. The van der Waals surface area contributed by atoms with Crippen molar-refractivity contribution in [2.24, 2.45) is 0 Å². The van der Waals surface area contributed by atoms with Crippen LogP contribution in [-0.4, -0.2) is 394 Å². The lowest BCUT2D eigenvalue weighted by atomic mass is 9.93. The highest BCUT2D eigenvalue weighted by atomic mass is 16.8. The molecule has 7 saturated heterocycles. The van der Waals surface area contributed by atoms with Gasteiger partial charge in [-0.25, -0.2) is 0 Å². The summed E-state index contributed by atoms with van der Waals surface area (Å²) in [6.07, 6.45) is -64.7. The molecule has 40 nitrogen and oxygen atoms in total. The zero-order chi connectivity index (χ0) is 66.3. The van der Waals surface area contributed by atoms with Crippen LogP contribution in [0.3, 0.4) is 0 Å². The van der Waals surface area contributed by atoms with Crippen LogP contribution >= 0.6 is 0 Å². The molecule has 0 aromatic rings. The summed E-state index contributed by atoms with van der Waals surface area (Å²) in [6.45, 7) is -4.24. The van der Waals surface area contributed by atoms with Gasteiger partial charge in [0.2, 0.25) is 18.2 Å². The first kappa shape index (κ1) is 74.4. The predicted octanol–water partition coefficient (Wildman–Crippen LogP) is -15.8. The molecular weight excluding hydrogens is 1230 g/mol. The number of aliphatic hydroxyl groups excluding tert-OH is 20. The van der Waals surface area contributed by atoms with E-state index in [1.165, 1.54) is 6.92 Å². The number of carbonyl (C=O) groups is 3. The van der Waals surface area contributed by atoms with Gasteiger partial charge >= 0.3 is 0 Å². The Bertz CT molecular complexity index is 2220. The molecule has 0 bridgehead atoms. The molecule has 0 spiro atoms. The number of carbonyl (C=O) groups excluding carboxylic acids is 3. The van der Waals surface area contributed by atoms with E-state index >= 15 is 0 Å². The summed E-state index contributed by atoms with van der Waals surface area (Å²) in [4.78, 5) is 36.6. The average molecular weight is 1320 g/mol. The minimum atomic E-state index is -2.42. The van der Waals surface area contributed by atoms with Crippen LogP contribution in [-0.2, 0) is 80.7 Å². The molecule has 0 aromatic carbocycles. The second-order valence-electron chi connectivity index (χ2n) is 22.5. The van der Waals surface area contributed by atoms with E-state index < -0.39 is 286 Å².